The van der Waals surface area contributed by atoms with Gasteiger partial charge in [-0.3, -0.25) is 10.1 Å². The highest BCUT2D eigenvalue weighted by Crippen LogP contribution is 2.28. The number of aromatic nitrogens is 2. The van der Waals surface area contributed by atoms with Gasteiger partial charge in [0, 0.05) is 23.3 Å². The van der Waals surface area contributed by atoms with Crippen molar-refractivity contribution >= 4 is 22.8 Å². The third-order valence-electron chi connectivity index (χ3n) is 3.19. The van der Waals surface area contributed by atoms with Crippen molar-refractivity contribution in [1.29, 1.82) is 0 Å². The highest BCUT2D eigenvalue weighted by atomic mass is 16.6. The molecule has 0 aliphatic heterocycles. The van der Waals surface area contributed by atoms with E-state index in [1.165, 1.54) is 24.3 Å². The van der Waals surface area contributed by atoms with E-state index in [0.29, 0.717) is 11.3 Å². The molecule has 0 aliphatic rings. The number of hydrogen-bond acceptors (Lipinski definition) is 7. The van der Waals surface area contributed by atoms with Crippen LogP contribution in [-0.2, 0) is 0 Å². The van der Waals surface area contributed by atoms with Crippen LogP contribution in [-0.4, -0.2) is 21.0 Å². The van der Waals surface area contributed by atoms with Crippen molar-refractivity contribution < 1.29 is 19.3 Å². The number of carboxylic acids is 1. The van der Waals surface area contributed by atoms with Crippen LogP contribution in [0.5, 0.6) is 0 Å². The minimum absolute atomic E-state index is 0.0423. The molecule has 0 spiro atoms. The first-order valence-electron chi connectivity index (χ1n) is 6.20. The van der Waals surface area contributed by atoms with Gasteiger partial charge in [0.25, 0.3) is 11.4 Å². The number of pyridine rings is 1. The number of rotatable bonds is 3. The lowest BCUT2D eigenvalue weighted by Crippen LogP contribution is -2.22. The molecule has 2 aromatic heterocycles. The molecular formula is C14H8N3O5-. The quantitative estimate of drug-likeness (QED) is 0.530. The molecular weight excluding hydrogens is 290 g/mol. The van der Waals surface area contributed by atoms with Gasteiger partial charge >= 0.3 is 0 Å². The van der Waals surface area contributed by atoms with Crippen molar-refractivity contribution in [3.8, 4) is 11.3 Å². The fourth-order valence-electron chi connectivity index (χ4n) is 2.18. The van der Waals surface area contributed by atoms with E-state index in [4.69, 9.17) is 4.52 Å². The largest absolute Gasteiger partial charge is 0.545 e. The molecule has 8 heteroatoms. The first-order valence-corrected chi connectivity index (χ1v) is 6.20. The lowest BCUT2D eigenvalue weighted by Gasteiger charge is -2.07. The van der Waals surface area contributed by atoms with Gasteiger partial charge in [-0.1, -0.05) is 17.3 Å². The van der Waals surface area contributed by atoms with Crippen LogP contribution in [0, 0.1) is 17.0 Å². The highest BCUT2D eigenvalue weighted by molar-refractivity contribution is 6.02. The zero-order valence-corrected chi connectivity index (χ0v) is 11.3. The molecule has 0 saturated carbocycles. The molecule has 0 N–H and O–H groups in total. The second-order valence-electron chi connectivity index (χ2n) is 4.60. The van der Waals surface area contributed by atoms with Gasteiger partial charge in [-0.25, -0.2) is 4.98 Å². The lowest BCUT2D eigenvalue weighted by atomic mass is 10.1. The van der Waals surface area contributed by atoms with Crippen LogP contribution >= 0.6 is 0 Å². The summed E-state index contributed by atoms with van der Waals surface area (Å²) in [5.41, 5.74) is 0.806. The Balaban J connectivity index is 2.26. The Kier molecular flexibility index (Phi) is 3.06. The third-order valence-corrected chi connectivity index (χ3v) is 3.19. The molecule has 0 aliphatic carbocycles. The van der Waals surface area contributed by atoms with Gasteiger partial charge in [-0.15, -0.1) is 0 Å². The van der Waals surface area contributed by atoms with Gasteiger partial charge in [0.05, 0.1) is 27.7 Å². The molecule has 22 heavy (non-hydrogen) atoms. The van der Waals surface area contributed by atoms with E-state index in [2.05, 4.69) is 10.1 Å². The summed E-state index contributed by atoms with van der Waals surface area (Å²) in [6.07, 6.45) is 0. The number of hydrogen-bond donors (Lipinski definition) is 0. The number of aromatic carboxylic acids is 1. The number of nitrogens with zero attached hydrogens (tertiary/aromatic N) is 3. The molecule has 0 radical (unpaired) electrons. The summed E-state index contributed by atoms with van der Waals surface area (Å²) >= 11 is 0. The average Bonchev–Trinajstić information content (AvgIpc) is 2.88. The van der Waals surface area contributed by atoms with Crippen molar-refractivity contribution in [2.45, 2.75) is 6.92 Å². The molecule has 8 nitrogen and oxygen atoms in total. The van der Waals surface area contributed by atoms with Crippen LogP contribution in [0.4, 0.5) is 5.69 Å². The Hall–Kier alpha value is -3.29. The summed E-state index contributed by atoms with van der Waals surface area (Å²) in [6, 6.07) is 7.00. The van der Waals surface area contributed by atoms with Gasteiger partial charge in [0.15, 0.2) is 0 Å². The lowest BCUT2D eigenvalue weighted by molar-refractivity contribution is -0.384. The molecule has 0 unspecified atom stereocenters. The number of carboxylic acid groups (broad SMARTS) is 1. The fourth-order valence-corrected chi connectivity index (χ4v) is 2.18. The van der Waals surface area contributed by atoms with Crippen LogP contribution < -0.4 is 5.11 Å². The van der Waals surface area contributed by atoms with Crippen LogP contribution in [0.1, 0.15) is 16.1 Å². The van der Waals surface area contributed by atoms with E-state index >= 15 is 0 Å². The Morgan fingerprint density at radius 2 is 2.09 bits per heavy atom. The molecule has 3 rings (SSSR count). The van der Waals surface area contributed by atoms with Gasteiger partial charge in [0.1, 0.15) is 0 Å². The second kappa shape index (κ2) is 4.92. The van der Waals surface area contributed by atoms with Crippen molar-refractivity contribution in [3.63, 3.8) is 0 Å². The third kappa shape index (κ3) is 2.16. The Bertz CT molecular complexity index is 916. The number of nitro benzene ring substituents is 1. The van der Waals surface area contributed by atoms with Gasteiger partial charge in [0.2, 0.25) is 0 Å². The van der Waals surface area contributed by atoms with Gasteiger partial charge in [-0.05, 0) is 13.0 Å². The minimum atomic E-state index is -1.40. The highest BCUT2D eigenvalue weighted by Gasteiger charge is 2.16. The minimum Gasteiger partial charge on any atom is -0.545 e. The van der Waals surface area contributed by atoms with Crippen LogP contribution in [0.15, 0.2) is 34.9 Å². The van der Waals surface area contributed by atoms with Crippen molar-refractivity contribution in [1.82, 2.24) is 10.1 Å². The molecule has 110 valence electrons. The maximum absolute atomic E-state index is 11.3. The second-order valence-corrected chi connectivity index (χ2v) is 4.60. The maximum Gasteiger partial charge on any atom is 0.270 e. The number of fused-ring (bicyclic) bond motifs is 1. The maximum atomic E-state index is 11.3. The van der Waals surface area contributed by atoms with Crippen LogP contribution in [0.3, 0.4) is 0 Å². The van der Waals surface area contributed by atoms with Crippen molar-refractivity contribution in [2.24, 2.45) is 0 Å². The number of non-ortho nitro benzene ring substituents is 1. The molecule has 1 aromatic carbocycles. The monoisotopic (exact) mass is 298 g/mol. The number of benzene rings is 1. The van der Waals surface area contributed by atoms with Crippen LogP contribution in [0.25, 0.3) is 22.4 Å². The number of carbonyl (C=O) groups is 1. The molecule has 0 fully saturated rings. The molecule has 0 atom stereocenters. The van der Waals surface area contributed by atoms with E-state index in [1.807, 2.05) is 0 Å². The summed E-state index contributed by atoms with van der Waals surface area (Å²) in [5, 5.41) is 26.1. The van der Waals surface area contributed by atoms with Crippen LogP contribution in [0.2, 0.25) is 0 Å². The molecule has 0 saturated heterocycles. The van der Waals surface area contributed by atoms with Gasteiger partial charge < -0.3 is 14.4 Å². The summed E-state index contributed by atoms with van der Waals surface area (Å²) in [7, 11) is 0. The van der Waals surface area contributed by atoms with E-state index in [0.717, 1.165) is 0 Å². The molecule has 3 aromatic rings. The molecule has 2 heterocycles. The van der Waals surface area contributed by atoms with Crippen molar-refractivity contribution in [3.05, 3.63) is 51.7 Å². The standard InChI is InChI=1S/C14H9N3O5/c1-7-12-10(14(18)19)6-11(15-13(12)22-16-7)8-3-2-4-9(5-8)17(20)21/h2-6H,1H3,(H,18,19)/p-1. The number of aryl methyl sites for hydroxylation is 1. The predicted molar refractivity (Wildman–Crippen MR) is 73.0 cm³/mol. The summed E-state index contributed by atoms with van der Waals surface area (Å²) < 4.78 is 4.99. The first kappa shape index (κ1) is 13.7. The topological polar surface area (TPSA) is 122 Å². The van der Waals surface area contributed by atoms with Crippen molar-refractivity contribution in [2.75, 3.05) is 0 Å². The summed E-state index contributed by atoms with van der Waals surface area (Å²) in [5.74, 6) is -1.40. The zero-order valence-electron chi connectivity index (χ0n) is 11.3. The average molecular weight is 298 g/mol. The molecule has 0 bridgehead atoms. The Morgan fingerprint density at radius 3 is 2.77 bits per heavy atom. The SMILES string of the molecule is Cc1noc2nc(-c3cccc([N+](=O)[O-])c3)cc(C(=O)[O-])c12. The fraction of sp³-hybridized carbons (Fsp3) is 0.0714. The summed E-state index contributed by atoms with van der Waals surface area (Å²) in [6.45, 7) is 1.59. The van der Waals surface area contributed by atoms with Gasteiger partial charge in [-0.2, -0.15) is 0 Å². The predicted octanol–water partition coefficient (Wildman–Crippen LogP) is 1.47. The smallest absolute Gasteiger partial charge is 0.270 e. The molecule has 0 amide bonds. The summed E-state index contributed by atoms with van der Waals surface area (Å²) in [4.78, 5) is 25.8. The Labute approximate surface area is 123 Å². The first-order chi connectivity index (χ1) is 10.5. The van der Waals surface area contributed by atoms with E-state index in [1.54, 1.807) is 13.0 Å². The van der Waals surface area contributed by atoms with E-state index in [9.17, 15) is 20.0 Å². The normalized spacial score (nSPS) is 10.8. The van der Waals surface area contributed by atoms with E-state index in [-0.39, 0.29) is 28.0 Å². The number of nitro groups is 1. The van der Waals surface area contributed by atoms with E-state index < -0.39 is 10.9 Å². The number of carbonyl (C=O) groups excluding carboxylic acids is 1. The zero-order chi connectivity index (χ0) is 15.9. The Morgan fingerprint density at radius 1 is 1.32 bits per heavy atom.